The van der Waals surface area contributed by atoms with Crippen molar-refractivity contribution in [2.24, 2.45) is 0 Å². The molecule has 0 saturated carbocycles. The van der Waals surface area contributed by atoms with Crippen LogP contribution in [0, 0.1) is 0 Å². The second-order valence-electron chi connectivity index (χ2n) is 6.04. The van der Waals surface area contributed by atoms with E-state index in [1.165, 1.54) is 5.56 Å². The van der Waals surface area contributed by atoms with Crippen LogP contribution in [0.5, 0.6) is 17.2 Å². The number of carbonyl (C=O) groups is 1. The molecule has 1 atom stereocenters. The Balaban J connectivity index is 2.13. The second kappa shape index (κ2) is 7.05. The zero-order valence-corrected chi connectivity index (χ0v) is 15.0. The van der Waals surface area contributed by atoms with Crippen molar-refractivity contribution < 1.29 is 19.0 Å². The topological polar surface area (TPSA) is 48.0 Å². The molecule has 5 nitrogen and oxygen atoms in total. The van der Waals surface area contributed by atoms with E-state index in [1.54, 1.807) is 28.3 Å². The van der Waals surface area contributed by atoms with E-state index in [0.717, 1.165) is 23.3 Å². The van der Waals surface area contributed by atoms with Crippen LogP contribution in [-0.4, -0.2) is 38.7 Å². The van der Waals surface area contributed by atoms with Gasteiger partial charge in [-0.15, -0.1) is 0 Å². The molecule has 0 unspecified atom stereocenters. The number of carbonyl (C=O) groups excluding carboxylic acids is 1. The third-order valence-corrected chi connectivity index (χ3v) is 4.71. The molecular weight excluding hydrogens is 318 g/mol. The molecule has 0 saturated heterocycles. The Bertz CT molecular complexity index is 770. The highest BCUT2D eigenvalue weighted by molar-refractivity contribution is 5.75. The zero-order valence-electron chi connectivity index (χ0n) is 15.0. The van der Waals surface area contributed by atoms with Crippen molar-refractivity contribution in [2.45, 2.75) is 19.4 Å². The van der Waals surface area contributed by atoms with Gasteiger partial charge in [-0.3, -0.25) is 4.79 Å². The third-order valence-electron chi connectivity index (χ3n) is 4.71. The van der Waals surface area contributed by atoms with Gasteiger partial charge in [-0.1, -0.05) is 12.1 Å². The summed E-state index contributed by atoms with van der Waals surface area (Å²) in [6.07, 6.45) is 0.794. The molecule has 3 rings (SSSR count). The Morgan fingerprint density at radius 1 is 1.00 bits per heavy atom. The number of rotatable bonds is 4. The number of methoxy groups -OCH3 is 3. The van der Waals surface area contributed by atoms with Crippen molar-refractivity contribution in [3.8, 4) is 17.2 Å². The molecule has 0 bridgehead atoms. The lowest BCUT2D eigenvalue weighted by atomic mass is 9.87. The molecule has 1 aliphatic heterocycles. The van der Waals surface area contributed by atoms with Crippen LogP contribution in [0.15, 0.2) is 36.4 Å². The monoisotopic (exact) mass is 341 g/mol. The standard InChI is InChI=1S/C20H23NO4/c1-13(22)21-10-9-15-11-18(24-3)19(25-4)12-17(15)20(21)14-5-7-16(23-2)8-6-14/h5-8,11-12,20H,9-10H2,1-4H3/t20-/m0/s1. The summed E-state index contributed by atoms with van der Waals surface area (Å²) in [4.78, 5) is 14.1. The van der Waals surface area contributed by atoms with Crippen LogP contribution in [0.4, 0.5) is 0 Å². The van der Waals surface area contributed by atoms with Gasteiger partial charge >= 0.3 is 0 Å². The Labute approximate surface area is 148 Å². The van der Waals surface area contributed by atoms with E-state index in [-0.39, 0.29) is 11.9 Å². The van der Waals surface area contributed by atoms with E-state index in [4.69, 9.17) is 14.2 Å². The van der Waals surface area contributed by atoms with Crippen LogP contribution in [-0.2, 0) is 11.2 Å². The summed E-state index contributed by atoms with van der Waals surface area (Å²) in [6.45, 7) is 2.29. The quantitative estimate of drug-likeness (QED) is 0.857. The predicted molar refractivity (Wildman–Crippen MR) is 95.5 cm³/mol. The minimum absolute atomic E-state index is 0.0567. The van der Waals surface area contributed by atoms with Gasteiger partial charge in [-0.2, -0.15) is 0 Å². The number of fused-ring (bicyclic) bond motifs is 1. The minimum Gasteiger partial charge on any atom is -0.497 e. The lowest BCUT2D eigenvalue weighted by Crippen LogP contribution is -2.39. The zero-order chi connectivity index (χ0) is 18.0. The summed E-state index contributed by atoms with van der Waals surface area (Å²) >= 11 is 0. The average Bonchev–Trinajstić information content (AvgIpc) is 2.65. The van der Waals surface area contributed by atoms with E-state index in [1.807, 2.05) is 41.3 Å². The molecule has 0 aromatic heterocycles. The molecule has 1 heterocycles. The molecule has 5 heteroatoms. The molecule has 25 heavy (non-hydrogen) atoms. The fourth-order valence-electron chi connectivity index (χ4n) is 3.43. The summed E-state index contributed by atoms with van der Waals surface area (Å²) in [6, 6.07) is 11.7. The predicted octanol–water partition coefficient (Wildman–Crippen LogP) is 3.21. The Morgan fingerprint density at radius 3 is 2.20 bits per heavy atom. The average molecular weight is 341 g/mol. The Hall–Kier alpha value is -2.69. The number of benzene rings is 2. The van der Waals surface area contributed by atoms with Gasteiger partial charge in [0.15, 0.2) is 11.5 Å². The van der Waals surface area contributed by atoms with Gasteiger partial charge in [0, 0.05) is 13.5 Å². The minimum atomic E-state index is -0.146. The normalized spacial score (nSPS) is 16.2. The highest BCUT2D eigenvalue weighted by Gasteiger charge is 2.31. The number of hydrogen-bond acceptors (Lipinski definition) is 4. The van der Waals surface area contributed by atoms with E-state index in [0.29, 0.717) is 18.0 Å². The van der Waals surface area contributed by atoms with Crippen molar-refractivity contribution in [1.29, 1.82) is 0 Å². The van der Waals surface area contributed by atoms with Crippen molar-refractivity contribution in [3.05, 3.63) is 53.1 Å². The van der Waals surface area contributed by atoms with E-state index in [2.05, 4.69) is 0 Å². The van der Waals surface area contributed by atoms with Crippen LogP contribution in [0.25, 0.3) is 0 Å². The first-order chi connectivity index (χ1) is 12.1. The summed E-state index contributed by atoms with van der Waals surface area (Å²) in [5.74, 6) is 2.24. The molecule has 0 radical (unpaired) electrons. The highest BCUT2D eigenvalue weighted by atomic mass is 16.5. The molecule has 2 aromatic rings. The maximum absolute atomic E-state index is 12.2. The third kappa shape index (κ3) is 3.14. The van der Waals surface area contributed by atoms with Gasteiger partial charge < -0.3 is 19.1 Å². The van der Waals surface area contributed by atoms with Crippen LogP contribution in [0.1, 0.15) is 29.7 Å². The second-order valence-corrected chi connectivity index (χ2v) is 6.04. The van der Waals surface area contributed by atoms with Gasteiger partial charge in [-0.05, 0) is 47.4 Å². The van der Waals surface area contributed by atoms with Gasteiger partial charge in [-0.25, -0.2) is 0 Å². The van der Waals surface area contributed by atoms with Crippen LogP contribution >= 0.6 is 0 Å². The maximum atomic E-state index is 12.2. The van der Waals surface area contributed by atoms with Gasteiger partial charge in [0.1, 0.15) is 5.75 Å². The number of ether oxygens (including phenoxy) is 3. The number of hydrogen-bond donors (Lipinski definition) is 0. The van der Waals surface area contributed by atoms with Crippen LogP contribution < -0.4 is 14.2 Å². The molecular formula is C20H23NO4. The van der Waals surface area contributed by atoms with E-state index < -0.39 is 0 Å². The summed E-state index contributed by atoms with van der Waals surface area (Å²) in [7, 11) is 4.90. The molecule has 2 aromatic carbocycles. The fourth-order valence-corrected chi connectivity index (χ4v) is 3.43. The Morgan fingerprint density at radius 2 is 1.64 bits per heavy atom. The summed E-state index contributed by atoms with van der Waals surface area (Å²) in [5, 5.41) is 0. The van der Waals surface area contributed by atoms with Gasteiger partial charge in [0.05, 0.1) is 27.4 Å². The molecule has 132 valence electrons. The van der Waals surface area contributed by atoms with Crippen LogP contribution in [0.3, 0.4) is 0 Å². The molecule has 1 aliphatic rings. The molecule has 1 amide bonds. The molecule has 0 fully saturated rings. The van der Waals surface area contributed by atoms with Gasteiger partial charge in [0.2, 0.25) is 5.91 Å². The SMILES string of the molecule is COc1ccc([C@H]2c3cc(OC)c(OC)cc3CCN2C(C)=O)cc1. The first kappa shape index (κ1) is 17.1. The van der Waals surface area contributed by atoms with Crippen LogP contribution in [0.2, 0.25) is 0 Å². The van der Waals surface area contributed by atoms with Crippen molar-refractivity contribution >= 4 is 5.91 Å². The summed E-state index contributed by atoms with van der Waals surface area (Å²) in [5.41, 5.74) is 3.30. The van der Waals surface area contributed by atoms with Crippen molar-refractivity contribution in [2.75, 3.05) is 27.9 Å². The smallest absolute Gasteiger partial charge is 0.220 e. The van der Waals surface area contributed by atoms with Crippen molar-refractivity contribution in [3.63, 3.8) is 0 Å². The van der Waals surface area contributed by atoms with E-state index in [9.17, 15) is 4.79 Å². The van der Waals surface area contributed by atoms with E-state index >= 15 is 0 Å². The number of nitrogens with zero attached hydrogens (tertiary/aromatic N) is 1. The largest absolute Gasteiger partial charge is 0.497 e. The Kier molecular flexibility index (Phi) is 4.83. The lowest BCUT2D eigenvalue weighted by Gasteiger charge is -2.37. The van der Waals surface area contributed by atoms with Crippen molar-refractivity contribution in [1.82, 2.24) is 4.90 Å². The lowest BCUT2D eigenvalue weighted by molar-refractivity contribution is -0.130. The maximum Gasteiger partial charge on any atom is 0.220 e. The van der Waals surface area contributed by atoms with Gasteiger partial charge in [0.25, 0.3) is 0 Å². The first-order valence-electron chi connectivity index (χ1n) is 8.25. The number of amides is 1. The molecule has 0 spiro atoms. The molecule has 0 N–H and O–H groups in total. The fraction of sp³-hybridized carbons (Fsp3) is 0.350. The highest BCUT2D eigenvalue weighted by Crippen LogP contribution is 2.41. The first-order valence-corrected chi connectivity index (χ1v) is 8.25. The summed E-state index contributed by atoms with van der Waals surface area (Å²) < 4.78 is 16.1. The molecule has 0 aliphatic carbocycles.